The molecular weight excluding hydrogens is 184 g/mol. The zero-order chi connectivity index (χ0) is 11.1. The molecule has 1 atom stereocenters. The zero-order valence-corrected chi connectivity index (χ0v) is 10.6. The highest BCUT2D eigenvalue weighted by Gasteiger charge is 2.64. The summed E-state index contributed by atoms with van der Waals surface area (Å²) >= 11 is 0. The van der Waals surface area contributed by atoms with Crippen molar-refractivity contribution >= 4 is 0 Å². The van der Waals surface area contributed by atoms with Crippen LogP contribution in [0.5, 0.6) is 0 Å². The summed E-state index contributed by atoms with van der Waals surface area (Å²) in [7, 11) is 0. The predicted molar refractivity (Wildman–Crippen MR) is 63.7 cm³/mol. The van der Waals surface area contributed by atoms with Crippen LogP contribution in [0, 0.1) is 22.7 Å². The lowest BCUT2D eigenvalue weighted by atomic mass is 9.71. The molecule has 2 aliphatic rings. The first kappa shape index (κ1) is 11.4. The van der Waals surface area contributed by atoms with E-state index in [-0.39, 0.29) is 0 Å². The van der Waals surface area contributed by atoms with Crippen LogP contribution in [0.3, 0.4) is 0 Å². The minimum atomic E-state index is 0.297. The molecule has 1 unspecified atom stereocenters. The molecule has 2 rings (SSSR count). The quantitative estimate of drug-likeness (QED) is 0.754. The van der Waals surface area contributed by atoms with E-state index < -0.39 is 0 Å². The van der Waals surface area contributed by atoms with Crippen LogP contribution in [-0.4, -0.2) is 11.7 Å². The van der Waals surface area contributed by atoms with Gasteiger partial charge in [0.05, 0.1) is 0 Å². The first-order valence-electron chi connectivity index (χ1n) is 6.66. The highest BCUT2D eigenvalue weighted by atomic mass is 16.3. The Morgan fingerprint density at radius 1 is 1.13 bits per heavy atom. The van der Waals surface area contributed by atoms with E-state index in [1.54, 1.807) is 0 Å². The average Bonchev–Trinajstić information content (AvgIpc) is 2.82. The van der Waals surface area contributed by atoms with E-state index in [2.05, 4.69) is 20.8 Å². The van der Waals surface area contributed by atoms with Crippen molar-refractivity contribution in [2.75, 3.05) is 6.61 Å². The highest BCUT2D eigenvalue weighted by molar-refractivity contribution is 5.12. The maximum atomic E-state index is 9.67. The number of rotatable bonds is 3. The molecule has 1 nitrogen and oxygen atoms in total. The minimum Gasteiger partial charge on any atom is -0.396 e. The maximum Gasteiger partial charge on any atom is 0.0495 e. The monoisotopic (exact) mass is 210 g/mol. The van der Waals surface area contributed by atoms with E-state index in [0.29, 0.717) is 17.4 Å². The summed E-state index contributed by atoms with van der Waals surface area (Å²) in [5.74, 6) is 1.78. The van der Waals surface area contributed by atoms with Gasteiger partial charge in [0.15, 0.2) is 0 Å². The Morgan fingerprint density at radius 2 is 1.67 bits per heavy atom. The summed E-state index contributed by atoms with van der Waals surface area (Å²) in [6, 6.07) is 0. The van der Waals surface area contributed by atoms with Crippen molar-refractivity contribution in [3.63, 3.8) is 0 Å². The molecule has 0 aromatic rings. The Balaban J connectivity index is 1.96. The summed E-state index contributed by atoms with van der Waals surface area (Å²) < 4.78 is 0. The molecule has 0 radical (unpaired) electrons. The van der Waals surface area contributed by atoms with E-state index in [4.69, 9.17) is 0 Å². The summed E-state index contributed by atoms with van der Waals surface area (Å²) in [5, 5.41) is 9.67. The van der Waals surface area contributed by atoms with Gasteiger partial charge in [-0.05, 0) is 36.5 Å². The van der Waals surface area contributed by atoms with Gasteiger partial charge in [0.25, 0.3) is 0 Å². The molecule has 2 aliphatic carbocycles. The molecule has 0 spiro atoms. The van der Waals surface area contributed by atoms with Crippen LogP contribution in [0.1, 0.15) is 59.3 Å². The third-order valence-corrected chi connectivity index (χ3v) is 5.47. The lowest BCUT2D eigenvalue weighted by Crippen LogP contribution is -2.29. The Hall–Kier alpha value is -0.0400. The Morgan fingerprint density at radius 3 is 2.00 bits per heavy atom. The Labute approximate surface area is 94.3 Å². The molecule has 0 amide bonds. The number of aliphatic hydroxyl groups is 1. The number of hydrogen-bond donors (Lipinski definition) is 1. The molecule has 0 heterocycles. The second-order valence-electron chi connectivity index (χ2n) is 6.50. The van der Waals surface area contributed by atoms with Gasteiger partial charge in [-0.1, -0.05) is 40.0 Å². The molecule has 0 aliphatic heterocycles. The summed E-state index contributed by atoms with van der Waals surface area (Å²) in [5.41, 5.74) is 0.706. The van der Waals surface area contributed by atoms with Crippen molar-refractivity contribution in [1.82, 2.24) is 0 Å². The van der Waals surface area contributed by atoms with Crippen molar-refractivity contribution in [3.8, 4) is 0 Å². The van der Waals surface area contributed by atoms with Gasteiger partial charge >= 0.3 is 0 Å². The van der Waals surface area contributed by atoms with Crippen LogP contribution in [0.2, 0.25) is 0 Å². The molecule has 15 heavy (non-hydrogen) atoms. The highest BCUT2D eigenvalue weighted by Crippen LogP contribution is 2.69. The van der Waals surface area contributed by atoms with Crippen molar-refractivity contribution in [3.05, 3.63) is 0 Å². The van der Waals surface area contributed by atoms with Gasteiger partial charge in [0, 0.05) is 12.0 Å². The Bertz CT molecular complexity index is 225. The van der Waals surface area contributed by atoms with E-state index in [9.17, 15) is 5.11 Å². The van der Waals surface area contributed by atoms with E-state index in [1.165, 1.54) is 38.5 Å². The molecule has 2 fully saturated rings. The van der Waals surface area contributed by atoms with E-state index in [0.717, 1.165) is 11.8 Å². The SMILES string of the molecule is CCC1CCC(C2(CO)CC2(C)C)CC1. The molecule has 0 saturated heterocycles. The van der Waals surface area contributed by atoms with E-state index >= 15 is 0 Å². The second kappa shape index (κ2) is 3.76. The predicted octanol–water partition coefficient (Wildman–Crippen LogP) is 3.61. The molecular formula is C14H26O. The van der Waals surface area contributed by atoms with Gasteiger partial charge in [-0.2, -0.15) is 0 Å². The molecule has 88 valence electrons. The largest absolute Gasteiger partial charge is 0.396 e. The summed E-state index contributed by atoms with van der Waals surface area (Å²) in [6.45, 7) is 7.39. The maximum absolute atomic E-state index is 9.67. The fourth-order valence-corrected chi connectivity index (χ4v) is 3.96. The van der Waals surface area contributed by atoms with Crippen LogP contribution < -0.4 is 0 Å². The second-order valence-corrected chi connectivity index (χ2v) is 6.50. The van der Waals surface area contributed by atoms with E-state index in [1.807, 2.05) is 0 Å². The zero-order valence-electron chi connectivity index (χ0n) is 10.6. The van der Waals surface area contributed by atoms with Gasteiger partial charge in [-0.25, -0.2) is 0 Å². The first-order valence-corrected chi connectivity index (χ1v) is 6.66. The molecule has 2 saturated carbocycles. The molecule has 0 aromatic heterocycles. The van der Waals surface area contributed by atoms with Crippen molar-refractivity contribution in [2.24, 2.45) is 22.7 Å². The van der Waals surface area contributed by atoms with Crippen LogP contribution >= 0.6 is 0 Å². The fourth-order valence-electron chi connectivity index (χ4n) is 3.96. The topological polar surface area (TPSA) is 20.2 Å². The van der Waals surface area contributed by atoms with Crippen molar-refractivity contribution in [2.45, 2.75) is 59.3 Å². The lowest BCUT2D eigenvalue weighted by molar-refractivity contribution is 0.0848. The van der Waals surface area contributed by atoms with Gasteiger partial charge < -0.3 is 5.11 Å². The number of aliphatic hydroxyl groups excluding tert-OH is 1. The van der Waals surface area contributed by atoms with Crippen LogP contribution in [0.15, 0.2) is 0 Å². The lowest BCUT2D eigenvalue weighted by Gasteiger charge is -2.35. The van der Waals surface area contributed by atoms with Crippen LogP contribution in [0.4, 0.5) is 0 Å². The molecule has 1 heteroatoms. The molecule has 0 aromatic carbocycles. The van der Waals surface area contributed by atoms with Gasteiger partial charge in [0.2, 0.25) is 0 Å². The van der Waals surface area contributed by atoms with Gasteiger partial charge in [0.1, 0.15) is 0 Å². The summed E-state index contributed by atoms with van der Waals surface area (Å²) in [4.78, 5) is 0. The van der Waals surface area contributed by atoms with Crippen molar-refractivity contribution < 1.29 is 5.11 Å². The summed E-state index contributed by atoms with van der Waals surface area (Å²) in [6.07, 6.45) is 8.13. The fraction of sp³-hybridized carbons (Fsp3) is 1.00. The third-order valence-electron chi connectivity index (χ3n) is 5.47. The normalized spacial score (nSPS) is 44.0. The smallest absolute Gasteiger partial charge is 0.0495 e. The molecule has 1 N–H and O–H groups in total. The van der Waals surface area contributed by atoms with Crippen LogP contribution in [0.25, 0.3) is 0 Å². The van der Waals surface area contributed by atoms with Gasteiger partial charge in [-0.3, -0.25) is 0 Å². The number of hydrogen-bond acceptors (Lipinski definition) is 1. The first-order chi connectivity index (χ1) is 7.05. The molecule has 0 bridgehead atoms. The Kier molecular flexibility index (Phi) is 2.87. The average molecular weight is 210 g/mol. The minimum absolute atomic E-state index is 0.297. The van der Waals surface area contributed by atoms with Crippen LogP contribution in [-0.2, 0) is 0 Å². The third kappa shape index (κ3) is 1.73. The van der Waals surface area contributed by atoms with Gasteiger partial charge in [-0.15, -0.1) is 0 Å². The van der Waals surface area contributed by atoms with Crippen molar-refractivity contribution in [1.29, 1.82) is 0 Å². The standard InChI is InChI=1S/C14H26O/c1-4-11-5-7-12(8-6-11)14(10-15)9-13(14,2)3/h11-12,15H,4-10H2,1-3H3.